The van der Waals surface area contributed by atoms with E-state index in [1.807, 2.05) is 27.7 Å². The van der Waals surface area contributed by atoms with E-state index >= 15 is 0 Å². The third-order valence-electron chi connectivity index (χ3n) is 3.58. The first-order valence-corrected chi connectivity index (χ1v) is 7.18. The quantitative estimate of drug-likeness (QED) is 0.774. The second-order valence-electron chi connectivity index (χ2n) is 6.90. The zero-order valence-electron chi connectivity index (χ0n) is 13.1. The lowest BCUT2D eigenvalue weighted by atomic mass is 9.99. The highest BCUT2D eigenvalue weighted by atomic mass is 16.5. The van der Waals surface area contributed by atoms with Gasteiger partial charge in [0, 0.05) is 6.54 Å². The molecule has 0 spiro atoms. The minimum absolute atomic E-state index is 0.0897. The van der Waals surface area contributed by atoms with Gasteiger partial charge in [0.25, 0.3) is 0 Å². The third kappa shape index (κ3) is 3.85. The van der Waals surface area contributed by atoms with Crippen LogP contribution in [0.2, 0.25) is 0 Å². The molecule has 2 fully saturated rings. The summed E-state index contributed by atoms with van der Waals surface area (Å²) in [5.74, 6) is -1.03. The van der Waals surface area contributed by atoms with Gasteiger partial charge in [0.05, 0.1) is 37.4 Å². The number of hydrogen-bond donors (Lipinski definition) is 1. The zero-order valence-corrected chi connectivity index (χ0v) is 13.1. The van der Waals surface area contributed by atoms with E-state index in [-0.39, 0.29) is 19.2 Å². The van der Waals surface area contributed by atoms with Crippen molar-refractivity contribution in [2.45, 2.75) is 45.0 Å². The molecular weight excluding hydrogens is 276 g/mol. The molecule has 0 bridgehead atoms. The van der Waals surface area contributed by atoms with Crippen LogP contribution in [0.25, 0.3) is 0 Å². The van der Waals surface area contributed by atoms with Gasteiger partial charge < -0.3 is 24.4 Å². The summed E-state index contributed by atoms with van der Waals surface area (Å²) < 4.78 is 11.1. The van der Waals surface area contributed by atoms with Crippen LogP contribution in [-0.4, -0.2) is 77.0 Å². The minimum Gasteiger partial charge on any atom is -0.479 e. The number of carboxylic acids is 1. The van der Waals surface area contributed by atoms with E-state index in [1.54, 1.807) is 9.80 Å². The van der Waals surface area contributed by atoms with E-state index in [0.717, 1.165) is 0 Å². The molecular formula is C14H24N2O5. The van der Waals surface area contributed by atoms with Crippen molar-refractivity contribution in [1.29, 1.82) is 0 Å². The Morgan fingerprint density at radius 2 is 1.67 bits per heavy atom. The molecule has 0 aromatic carbocycles. The summed E-state index contributed by atoms with van der Waals surface area (Å²) >= 11 is 0. The molecule has 120 valence electrons. The Labute approximate surface area is 124 Å². The monoisotopic (exact) mass is 300 g/mol. The first kappa shape index (κ1) is 16.0. The van der Waals surface area contributed by atoms with Crippen LogP contribution in [0, 0.1) is 0 Å². The van der Waals surface area contributed by atoms with Gasteiger partial charge in [0.2, 0.25) is 0 Å². The topological polar surface area (TPSA) is 79.3 Å². The van der Waals surface area contributed by atoms with Gasteiger partial charge in [-0.2, -0.15) is 0 Å². The van der Waals surface area contributed by atoms with Crippen LogP contribution in [0.3, 0.4) is 0 Å². The molecule has 2 amide bonds. The van der Waals surface area contributed by atoms with Gasteiger partial charge in [-0.15, -0.1) is 0 Å². The Morgan fingerprint density at radius 1 is 1.10 bits per heavy atom. The Morgan fingerprint density at radius 3 is 2.19 bits per heavy atom. The average Bonchev–Trinajstić information content (AvgIpc) is 2.34. The van der Waals surface area contributed by atoms with E-state index in [2.05, 4.69) is 0 Å². The molecule has 0 aromatic heterocycles. The van der Waals surface area contributed by atoms with Gasteiger partial charge in [-0.1, -0.05) is 0 Å². The van der Waals surface area contributed by atoms with Crippen molar-refractivity contribution in [2.24, 2.45) is 0 Å². The maximum atomic E-state index is 12.6. The second-order valence-corrected chi connectivity index (χ2v) is 6.90. The summed E-state index contributed by atoms with van der Waals surface area (Å²) in [5.41, 5.74) is -0.841. The molecule has 0 aliphatic carbocycles. The molecule has 21 heavy (non-hydrogen) atoms. The molecule has 2 saturated heterocycles. The van der Waals surface area contributed by atoms with Crippen LogP contribution >= 0.6 is 0 Å². The number of urea groups is 1. The number of morpholine rings is 2. The fraction of sp³-hybridized carbons (Fsp3) is 0.857. The zero-order chi connectivity index (χ0) is 15.8. The predicted octanol–water partition coefficient (Wildman–Crippen LogP) is 0.781. The van der Waals surface area contributed by atoms with Crippen molar-refractivity contribution >= 4 is 12.0 Å². The predicted molar refractivity (Wildman–Crippen MR) is 75.2 cm³/mol. The van der Waals surface area contributed by atoms with E-state index in [0.29, 0.717) is 19.6 Å². The van der Waals surface area contributed by atoms with Crippen LogP contribution in [0.1, 0.15) is 27.7 Å². The molecule has 1 atom stereocenters. The Hall–Kier alpha value is -1.34. The number of nitrogens with zero attached hydrogens (tertiary/aromatic N) is 2. The maximum Gasteiger partial charge on any atom is 0.334 e. The number of aliphatic carboxylic acids is 1. The molecule has 1 N–H and O–H groups in total. The van der Waals surface area contributed by atoms with Crippen molar-refractivity contribution in [3.8, 4) is 0 Å². The fourth-order valence-corrected chi connectivity index (χ4v) is 3.10. The molecule has 0 radical (unpaired) electrons. The van der Waals surface area contributed by atoms with Gasteiger partial charge in [-0.25, -0.2) is 9.59 Å². The second kappa shape index (κ2) is 5.46. The molecule has 1 unspecified atom stereocenters. The Balaban J connectivity index is 2.06. The Bertz CT molecular complexity index is 419. The van der Waals surface area contributed by atoms with Crippen molar-refractivity contribution in [2.75, 3.05) is 32.8 Å². The standard InChI is InChI=1S/C14H24N2O5/c1-13(2)8-16(9-14(3,4)21-13)12(19)15-5-6-20-10(7-15)11(17)18/h10H,5-9H2,1-4H3,(H,17,18). The lowest BCUT2D eigenvalue weighted by Gasteiger charge is -2.48. The van der Waals surface area contributed by atoms with Crippen molar-refractivity contribution < 1.29 is 24.2 Å². The summed E-state index contributed by atoms with van der Waals surface area (Å²) in [6.07, 6.45) is -0.940. The third-order valence-corrected chi connectivity index (χ3v) is 3.58. The van der Waals surface area contributed by atoms with Crippen LogP contribution in [-0.2, 0) is 14.3 Å². The van der Waals surface area contributed by atoms with Crippen LogP contribution in [0.15, 0.2) is 0 Å². The van der Waals surface area contributed by atoms with Crippen molar-refractivity contribution in [1.82, 2.24) is 9.80 Å². The average molecular weight is 300 g/mol. The summed E-state index contributed by atoms with van der Waals surface area (Å²) in [5, 5.41) is 9.02. The van der Waals surface area contributed by atoms with Gasteiger partial charge in [-0.3, -0.25) is 0 Å². The number of carbonyl (C=O) groups excluding carboxylic acids is 1. The molecule has 0 saturated carbocycles. The lowest BCUT2D eigenvalue weighted by molar-refractivity contribution is -0.174. The fourth-order valence-electron chi connectivity index (χ4n) is 3.10. The molecule has 2 rings (SSSR count). The number of carbonyl (C=O) groups is 2. The Kier molecular flexibility index (Phi) is 4.17. The smallest absolute Gasteiger partial charge is 0.334 e. The minimum atomic E-state index is -1.03. The van der Waals surface area contributed by atoms with Gasteiger partial charge >= 0.3 is 12.0 Å². The number of ether oxygens (including phenoxy) is 2. The van der Waals surface area contributed by atoms with Crippen molar-refractivity contribution in [3.63, 3.8) is 0 Å². The lowest BCUT2D eigenvalue weighted by Crippen LogP contribution is -2.62. The van der Waals surface area contributed by atoms with E-state index in [9.17, 15) is 9.59 Å². The van der Waals surface area contributed by atoms with Gasteiger partial charge in [0.1, 0.15) is 0 Å². The molecule has 2 aliphatic heterocycles. The number of carboxylic acid groups (broad SMARTS) is 1. The van der Waals surface area contributed by atoms with E-state index in [1.165, 1.54) is 0 Å². The first-order chi connectivity index (χ1) is 9.60. The van der Waals surface area contributed by atoms with Crippen molar-refractivity contribution in [3.05, 3.63) is 0 Å². The number of hydrogen-bond acceptors (Lipinski definition) is 4. The SMILES string of the molecule is CC1(C)CN(C(=O)N2CCOC(C(=O)O)C2)CC(C)(C)O1. The summed E-state index contributed by atoms with van der Waals surface area (Å²) in [4.78, 5) is 27.0. The molecule has 7 heteroatoms. The van der Waals surface area contributed by atoms with Crippen LogP contribution in [0.5, 0.6) is 0 Å². The van der Waals surface area contributed by atoms with E-state index in [4.69, 9.17) is 14.6 Å². The van der Waals surface area contributed by atoms with Crippen LogP contribution in [0.4, 0.5) is 4.79 Å². The molecule has 2 aliphatic rings. The summed E-state index contributed by atoms with van der Waals surface area (Å²) in [6, 6.07) is -0.144. The van der Waals surface area contributed by atoms with Gasteiger partial charge in [-0.05, 0) is 27.7 Å². The molecule has 2 heterocycles. The highest BCUT2D eigenvalue weighted by Crippen LogP contribution is 2.28. The highest BCUT2D eigenvalue weighted by Gasteiger charge is 2.42. The molecule has 0 aromatic rings. The maximum absolute atomic E-state index is 12.6. The largest absolute Gasteiger partial charge is 0.479 e. The summed E-state index contributed by atoms with van der Waals surface area (Å²) in [6.45, 7) is 9.55. The molecule has 7 nitrogen and oxygen atoms in total. The van der Waals surface area contributed by atoms with Gasteiger partial charge in [0.15, 0.2) is 6.10 Å². The van der Waals surface area contributed by atoms with Crippen LogP contribution < -0.4 is 0 Å². The highest BCUT2D eigenvalue weighted by molar-refractivity contribution is 5.77. The summed E-state index contributed by atoms with van der Waals surface area (Å²) in [7, 11) is 0. The number of rotatable bonds is 1. The first-order valence-electron chi connectivity index (χ1n) is 7.18. The van der Waals surface area contributed by atoms with E-state index < -0.39 is 23.3 Å². The number of amides is 2. The normalized spacial score (nSPS) is 28.3.